The highest BCUT2D eigenvalue weighted by atomic mass is 35.5. The maximum atomic E-state index is 11.8. The largest absolute Gasteiger partial charge is 0.460 e. The van der Waals surface area contributed by atoms with Crippen LogP contribution in [0.3, 0.4) is 0 Å². The van der Waals surface area contributed by atoms with Crippen molar-refractivity contribution < 1.29 is 9.21 Å². The van der Waals surface area contributed by atoms with Crippen molar-refractivity contribution in [3.8, 4) is 0 Å². The number of aryl methyl sites for hydroxylation is 1. The smallest absolute Gasteiger partial charge is 0.250 e. The number of aromatic nitrogens is 2. The van der Waals surface area contributed by atoms with E-state index >= 15 is 0 Å². The highest BCUT2D eigenvalue weighted by Crippen LogP contribution is 2.30. The molecule has 0 aliphatic heterocycles. The van der Waals surface area contributed by atoms with E-state index in [-0.39, 0.29) is 11.7 Å². The van der Waals surface area contributed by atoms with E-state index in [1.165, 1.54) is 29.3 Å². The van der Waals surface area contributed by atoms with Gasteiger partial charge in [0.2, 0.25) is 0 Å². The van der Waals surface area contributed by atoms with Gasteiger partial charge in [-0.3, -0.25) is 4.79 Å². The van der Waals surface area contributed by atoms with Crippen LogP contribution in [0.15, 0.2) is 54.6 Å². The third-order valence-electron chi connectivity index (χ3n) is 3.13. The SMILES string of the molecule is Cc1ccc(/C=N/NC(=O)CSc2nnc(SCc3ccc(Cl)cc3)s2)o1. The molecule has 2 heterocycles. The Morgan fingerprint density at radius 1 is 1.22 bits per heavy atom. The van der Waals surface area contributed by atoms with Gasteiger partial charge in [0.25, 0.3) is 5.91 Å². The minimum absolute atomic E-state index is 0.213. The molecule has 6 nitrogen and oxygen atoms in total. The van der Waals surface area contributed by atoms with E-state index in [4.69, 9.17) is 16.0 Å². The Morgan fingerprint density at radius 3 is 2.67 bits per heavy atom. The molecule has 0 spiro atoms. The average molecular weight is 439 g/mol. The third kappa shape index (κ3) is 6.69. The molecule has 27 heavy (non-hydrogen) atoms. The summed E-state index contributed by atoms with van der Waals surface area (Å²) in [6.45, 7) is 1.84. The number of nitrogens with zero attached hydrogens (tertiary/aromatic N) is 3. The van der Waals surface area contributed by atoms with Gasteiger partial charge in [-0.2, -0.15) is 5.10 Å². The van der Waals surface area contributed by atoms with Crippen LogP contribution in [0.25, 0.3) is 0 Å². The maximum Gasteiger partial charge on any atom is 0.250 e. The van der Waals surface area contributed by atoms with E-state index in [9.17, 15) is 4.79 Å². The van der Waals surface area contributed by atoms with Gasteiger partial charge in [-0.25, -0.2) is 5.43 Å². The second kappa shape index (κ2) is 9.93. The molecule has 0 atom stereocenters. The summed E-state index contributed by atoms with van der Waals surface area (Å²) in [5, 5.41) is 12.8. The Morgan fingerprint density at radius 2 is 1.96 bits per heavy atom. The van der Waals surface area contributed by atoms with Gasteiger partial charge in [0, 0.05) is 10.8 Å². The molecule has 1 aromatic carbocycles. The molecule has 0 unspecified atom stereocenters. The van der Waals surface area contributed by atoms with Crippen molar-refractivity contribution >= 4 is 58.6 Å². The minimum Gasteiger partial charge on any atom is -0.460 e. The number of hydrazone groups is 1. The van der Waals surface area contributed by atoms with Crippen molar-refractivity contribution in [1.29, 1.82) is 0 Å². The first kappa shape index (κ1) is 19.9. The monoisotopic (exact) mass is 438 g/mol. The minimum atomic E-state index is -0.218. The molecule has 0 radical (unpaired) electrons. The molecule has 0 aliphatic rings. The lowest BCUT2D eigenvalue weighted by molar-refractivity contribution is -0.118. The number of rotatable bonds is 8. The molecular weight excluding hydrogens is 424 g/mol. The van der Waals surface area contributed by atoms with Crippen LogP contribution in [0.4, 0.5) is 0 Å². The zero-order valence-corrected chi connectivity index (χ0v) is 17.4. The standard InChI is InChI=1S/C17H15ClN4O2S3/c1-11-2-7-14(24-11)8-19-20-15(23)10-26-17-22-21-16(27-17)25-9-12-3-5-13(18)6-4-12/h2-8H,9-10H2,1H3,(H,20,23)/b19-8+. The second-order valence-corrected chi connectivity index (χ2v) is 9.14. The van der Waals surface area contributed by atoms with E-state index in [1.54, 1.807) is 17.8 Å². The van der Waals surface area contributed by atoms with Crippen LogP contribution >= 0.6 is 46.5 Å². The molecule has 3 aromatic rings. The summed E-state index contributed by atoms with van der Waals surface area (Å²) in [6.07, 6.45) is 1.46. The number of benzene rings is 1. The summed E-state index contributed by atoms with van der Waals surface area (Å²) in [7, 11) is 0. The first-order chi connectivity index (χ1) is 13.1. The van der Waals surface area contributed by atoms with Gasteiger partial charge < -0.3 is 4.42 Å². The summed E-state index contributed by atoms with van der Waals surface area (Å²) < 4.78 is 6.93. The fourth-order valence-electron chi connectivity index (χ4n) is 1.89. The molecule has 0 saturated carbocycles. The van der Waals surface area contributed by atoms with Crippen LogP contribution in [0.5, 0.6) is 0 Å². The first-order valence-corrected chi connectivity index (χ1v) is 11.0. The summed E-state index contributed by atoms with van der Waals surface area (Å²) in [5.41, 5.74) is 3.62. The van der Waals surface area contributed by atoms with Crippen LogP contribution in [-0.2, 0) is 10.5 Å². The molecule has 1 amide bonds. The van der Waals surface area contributed by atoms with Gasteiger partial charge in [-0.1, -0.05) is 58.6 Å². The fourth-order valence-corrected chi connectivity index (χ4v) is 4.78. The number of halogens is 1. The Kier molecular flexibility index (Phi) is 7.33. The maximum absolute atomic E-state index is 11.8. The molecular formula is C17H15ClN4O2S3. The van der Waals surface area contributed by atoms with Crippen LogP contribution in [-0.4, -0.2) is 28.1 Å². The number of carbonyl (C=O) groups is 1. The van der Waals surface area contributed by atoms with Gasteiger partial charge >= 0.3 is 0 Å². The van der Waals surface area contributed by atoms with Crippen molar-refractivity contribution in [3.63, 3.8) is 0 Å². The lowest BCUT2D eigenvalue weighted by Crippen LogP contribution is -2.19. The Bertz CT molecular complexity index is 924. The fraction of sp³-hybridized carbons (Fsp3) is 0.176. The normalized spacial score (nSPS) is 11.2. The van der Waals surface area contributed by atoms with Crippen LogP contribution < -0.4 is 5.43 Å². The predicted molar refractivity (Wildman–Crippen MR) is 111 cm³/mol. The summed E-state index contributed by atoms with van der Waals surface area (Å²) in [4.78, 5) is 11.8. The van der Waals surface area contributed by atoms with Crippen molar-refractivity contribution in [2.24, 2.45) is 5.10 Å². The number of nitrogens with one attached hydrogen (secondary N) is 1. The predicted octanol–water partition coefficient (Wildman–Crippen LogP) is 4.63. The molecule has 0 fully saturated rings. The Hall–Kier alpha value is -1.81. The zero-order valence-electron chi connectivity index (χ0n) is 14.2. The lowest BCUT2D eigenvalue weighted by atomic mass is 10.2. The molecule has 0 saturated heterocycles. The molecule has 3 rings (SSSR count). The Labute approximate surface area is 173 Å². The third-order valence-corrected chi connectivity index (χ3v) is 6.65. The average Bonchev–Trinajstić information content (AvgIpc) is 3.28. The molecule has 2 aromatic heterocycles. The van der Waals surface area contributed by atoms with Gasteiger partial charge in [-0.05, 0) is 36.8 Å². The van der Waals surface area contributed by atoms with E-state index in [0.717, 1.165) is 30.8 Å². The quantitative estimate of drug-likeness (QED) is 0.314. The van der Waals surface area contributed by atoms with Crippen LogP contribution in [0.2, 0.25) is 5.02 Å². The van der Waals surface area contributed by atoms with Gasteiger partial charge in [0.1, 0.15) is 11.5 Å². The van der Waals surface area contributed by atoms with E-state index in [1.807, 2.05) is 37.3 Å². The summed E-state index contributed by atoms with van der Waals surface area (Å²) in [6, 6.07) is 11.3. The van der Waals surface area contributed by atoms with Crippen molar-refractivity contribution in [2.45, 2.75) is 21.4 Å². The summed E-state index contributed by atoms with van der Waals surface area (Å²) >= 11 is 10.3. The molecule has 0 bridgehead atoms. The molecule has 140 valence electrons. The van der Waals surface area contributed by atoms with Crippen molar-refractivity contribution in [2.75, 3.05) is 5.75 Å². The van der Waals surface area contributed by atoms with E-state index < -0.39 is 0 Å². The van der Waals surface area contributed by atoms with E-state index in [0.29, 0.717) is 5.76 Å². The molecule has 1 N–H and O–H groups in total. The van der Waals surface area contributed by atoms with Crippen LogP contribution in [0, 0.1) is 6.92 Å². The first-order valence-electron chi connectivity index (χ1n) is 7.80. The summed E-state index contributed by atoms with van der Waals surface area (Å²) in [5.74, 6) is 2.17. The molecule has 10 heteroatoms. The number of amides is 1. The number of furan rings is 1. The van der Waals surface area contributed by atoms with Gasteiger partial charge in [0.05, 0.1) is 12.0 Å². The van der Waals surface area contributed by atoms with Crippen molar-refractivity contribution in [3.05, 3.63) is 58.5 Å². The lowest BCUT2D eigenvalue weighted by Gasteiger charge is -1.98. The Balaban J connectivity index is 1.40. The highest BCUT2D eigenvalue weighted by molar-refractivity contribution is 8.03. The van der Waals surface area contributed by atoms with E-state index in [2.05, 4.69) is 20.7 Å². The highest BCUT2D eigenvalue weighted by Gasteiger charge is 2.08. The number of thioether (sulfide) groups is 2. The molecule has 0 aliphatic carbocycles. The number of carbonyl (C=O) groups excluding carboxylic acids is 1. The second-order valence-electron chi connectivity index (χ2n) is 5.28. The number of hydrogen-bond donors (Lipinski definition) is 1. The zero-order chi connectivity index (χ0) is 19.1. The van der Waals surface area contributed by atoms with Crippen molar-refractivity contribution in [1.82, 2.24) is 15.6 Å². The van der Waals surface area contributed by atoms with Gasteiger partial charge in [-0.15, -0.1) is 10.2 Å². The topological polar surface area (TPSA) is 80.4 Å². The number of hydrogen-bond acceptors (Lipinski definition) is 8. The van der Waals surface area contributed by atoms with Crippen LogP contribution in [0.1, 0.15) is 17.1 Å². The van der Waals surface area contributed by atoms with Gasteiger partial charge in [0.15, 0.2) is 8.68 Å².